The number of fused-ring (bicyclic) bond motifs is 1. The van der Waals surface area contributed by atoms with Crippen molar-refractivity contribution in [2.24, 2.45) is 0 Å². The van der Waals surface area contributed by atoms with Gasteiger partial charge in [-0.05, 0) is 55.3 Å². The van der Waals surface area contributed by atoms with E-state index in [2.05, 4.69) is 9.97 Å². The lowest BCUT2D eigenvalue weighted by atomic mass is 10.1. The van der Waals surface area contributed by atoms with Crippen LogP contribution in [-0.2, 0) is 0 Å². The van der Waals surface area contributed by atoms with Crippen LogP contribution in [0.2, 0.25) is 0 Å². The highest BCUT2D eigenvalue weighted by Gasteiger charge is 2.29. The number of nitrogens with zero attached hydrogens (tertiary/aromatic N) is 5. The fraction of sp³-hybridized carbons (Fsp3) is 0.217. The van der Waals surface area contributed by atoms with E-state index in [0.29, 0.717) is 47.6 Å². The Balaban J connectivity index is 1.57. The monoisotopic (exact) mass is 446 g/mol. The van der Waals surface area contributed by atoms with Crippen LogP contribution in [0.4, 0.5) is 10.6 Å². The van der Waals surface area contributed by atoms with Gasteiger partial charge in [-0.2, -0.15) is 0 Å². The van der Waals surface area contributed by atoms with Crippen LogP contribution in [0.25, 0.3) is 16.7 Å². The fourth-order valence-corrected chi connectivity index (χ4v) is 4.33. The van der Waals surface area contributed by atoms with Gasteiger partial charge in [0.1, 0.15) is 22.8 Å². The average molecular weight is 446 g/mol. The summed E-state index contributed by atoms with van der Waals surface area (Å²) < 4.78 is 8.95. The maximum atomic E-state index is 13.6. The molecule has 33 heavy (non-hydrogen) atoms. The maximum Gasteiger partial charge on any atom is 0.407 e. The number of carboxylic acid groups (broad SMARTS) is 1. The predicted octanol–water partition coefficient (Wildman–Crippen LogP) is 3.27. The van der Waals surface area contributed by atoms with Crippen molar-refractivity contribution in [3.8, 4) is 17.2 Å². The molecule has 10 heteroatoms. The van der Waals surface area contributed by atoms with Crippen molar-refractivity contribution in [1.82, 2.24) is 24.0 Å². The highest BCUT2D eigenvalue weighted by molar-refractivity contribution is 5.87. The lowest BCUT2D eigenvalue weighted by Crippen LogP contribution is -2.42. The van der Waals surface area contributed by atoms with Gasteiger partial charge in [-0.25, -0.2) is 14.6 Å². The van der Waals surface area contributed by atoms with Gasteiger partial charge in [0.15, 0.2) is 0 Å². The number of nitrogen functional groups attached to an aromatic ring is 1. The van der Waals surface area contributed by atoms with Crippen LogP contribution in [0.1, 0.15) is 18.9 Å². The minimum absolute atomic E-state index is 0.227. The first kappa shape index (κ1) is 20.6. The number of anilines is 1. The Morgan fingerprint density at radius 3 is 2.67 bits per heavy atom. The van der Waals surface area contributed by atoms with Crippen molar-refractivity contribution in [2.75, 3.05) is 18.8 Å². The Bertz CT molecular complexity index is 1360. The molecule has 1 aliphatic rings. The van der Waals surface area contributed by atoms with E-state index in [1.54, 1.807) is 65.6 Å². The van der Waals surface area contributed by atoms with Crippen LogP contribution >= 0.6 is 0 Å². The predicted molar refractivity (Wildman–Crippen MR) is 122 cm³/mol. The Morgan fingerprint density at radius 2 is 1.94 bits per heavy atom. The molecule has 3 aromatic heterocycles. The third-order valence-electron chi connectivity index (χ3n) is 5.81. The third kappa shape index (κ3) is 3.75. The van der Waals surface area contributed by atoms with Crippen LogP contribution < -0.4 is 16.2 Å². The molecule has 0 bridgehead atoms. The second-order valence-electron chi connectivity index (χ2n) is 7.86. The van der Waals surface area contributed by atoms with Crippen LogP contribution in [0.15, 0.2) is 65.8 Å². The molecule has 0 spiro atoms. The molecule has 1 amide bonds. The van der Waals surface area contributed by atoms with Gasteiger partial charge < -0.3 is 20.5 Å². The minimum Gasteiger partial charge on any atom is -0.465 e. The van der Waals surface area contributed by atoms with E-state index < -0.39 is 6.09 Å². The highest BCUT2D eigenvalue weighted by atomic mass is 16.5. The van der Waals surface area contributed by atoms with Crippen LogP contribution in [-0.4, -0.2) is 48.3 Å². The summed E-state index contributed by atoms with van der Waals surface area (Å²) in [5.74, 6) is 1.43. The number of rotatable bonds is 4. The van der Waals surface area contributed by atoms with Crippen LogP contribution in [0.5, 0.6) is 11.5 Å². The number of aromatic nitrogens is 4. The lowest BCUT2D eigenvalue weighted by Gasteiger charge is -2.31. The van der Waals surface area contributed by atoms with E-state index in [9.17, 15) is 14.7 Å². The summed E-state index contributed by atoms with van der Waals surface area (Å²) in [6.07, 6.45) is 5.23. The zero-order chi connectivity index (χ0) is 22.9. The zero-order valence-corrected chi connectivity index (χ0v) is 17.7. The third-order valence-corrected chi connectivity index (χ3v) is 5.81. The second-order valence-corrected chi connectivity index (χ2v) is 7.86. The van der Waals surface area contributed by atoms with Crippen molar-refractivity contribution in [3.05, 3.63) is 71.5 Å². The van der Waals surface area contributed by atoms with E-state index in [0.717, 1.165) is 0 Å². The largest absolute Gasteiger partial charge is 0.465 e. The summed E-state index contributed by atoms with van der Waals surface area (Å²) in [6, 6.07) is 12.1. The summed E-state index contributed by atoms with van der Waals surface area (Å²) in [6.45, 7) is 0.704. The van der Waals surface area contributed by atoms with E-state index in [1.165, 1.54) is 9.47 Å². The molecule has 1 unspecified atom stereocenters. The summed E-state index contributed by atoms with van der Waals surface area (Å²) in [7, 11) is 0. The number of ether oxygens (including phenoxy) is 1. The van der Waals surface area contributed by atoms with Gasteiger partial charge >= 0.3 is 11.8 Å². The Labute approximate surface area is 188 Å². The quantitative estimate of drug-likeness (QED) is 0.492. The molecule has 5 rings (SSSR count). The number of benzene rings is 1. The molecule has 1 saturated heterocycles. The molecule has 1 fully saturated rings. The minimum atomic E-state index is -0.984. The molecule has 1 aliphatic heterocycles. The molecule has 4 aromatic rings. The summed E-state index contributed by atoms with van der Waals surface area (Å²) >= 11 is 0. The average Bonchev–Trinajstić information content (AvgIpc) is 3.13. The topological polar surface area (TPSA) is 128 Å². The van der Waals surface area contributed by atoms with Crippen molar-refractivity contribution in [2.45, 2.75) is 18.9 Å². The van der Waals surface area contributed by atoms with Gasteiger partial charge in [0.05, 0.1) is 23.4 Å². The Kier molecular flexibility index (Phi) is 5.17. The number of hydrogen-bond acceptors (Lipinski definition) is 6. The van der Waals surface area contributed by atoms with E-state index in [1.807, 2.05) is 0 Å². The number of pyridine rings is 2. The first-order valence-electron chi connectivity index (χ1n) is 10.6. The van der Waals surface area contributed by atoms with Crippen molar-refractivity contribution in [3.63, 3.8) is 0 Å². The lowest BCUT2D eigenvalue weighted by molar-refractivity contribution is 0.121. The van der Waals surface area contributed by atoms with Gasteiger partial charge in [0.25, 0.3) is 0 Å². The normalized spacial score (nSPS) is 16.1. The van der Waals surface area contributed by atoms with Crippen molar-refractivity contribution < 1.29 is 14.6 Å². The fourth-order valence-electron chi connectivity index (χ4n) is 4.33. The first-order chi connectivity index (χ1) is 16.0. The molecule has 0 aliphatic carbocycles. The van der Waals surface area contributed by atoms with Gasteiger partial charge in [0, 0.05) is 25.5 Å². The molecule has 1 aromatic carbocycles. The summed E-state index contributed by atoms with van der Waals surface area (Å²) in [5, 5.41) is 9.43. The number of hydrogen-bond donors (Lipinski definition) is 2. The molecule has 10 nitrogen and oxygen atoms in total. The van der Waals surface area contributed by atoms with Gasteiger partial charge in [0.2, 0.25) is 0 Å². The highest BCUT2D eigenvalue weighted by Crippen LogP contribution is 2.29. The first-order valence-corrected chi connectivity index (χ1v) is 10.6. The number of amides is 1. The molecule has 3 N–H and O–H groups in total. The SMILES string of the molecule is Nc1nccc2c1n(-c1ccc(Oc3cccnc3)cc1)c(=O)n2C1CCCN(C(=O)O)C1. The Hall–Kier alpha value is -4.34. The molecule has 4 heterocycles. The van der Waals surface area contributed by atoms with E-state index in [4.69, 9.17) is 10.5 Å². The number of carbonyl (C=O) groups is 1. The van der Waals surface area contributed by atoms with Gasteiger partial charge in [-0.1, -0.05) is 0 Å². The van der Waals surface area contributed by atoms with Crippen LogP contribution in [0, 0.1) is 0 Å². The molecule has 168 valence electrons. The maximum absolute atomic E-state index is 13.6. The molecule has 0 saturated carbocycles. The van der Waals surface area contributed by atoms with Crippen molar-refractivity contribution in [1.29, 1.82) is 0 Å². The molecule has 0 radical (unpaired) electrons. The smallest absolute Gasteiger partial charge is 0.407 e. The molecular formula is C23H22N6O4. The van der Waals surface area contributed by atoms with Gasteiger partial charge in [-0.3, -0.25) is 14.1 Å². The van der Waals surface area contributed by atoms with Crippen molar-refractivity contribution >= 4 is 22.9 Å². The molecular weight excluding hydrogens is 424 g/mol. The van der Waals surface area contributed by atoms with E-state index >= 15 is 0 Å². The van der Waals surface area contributed by atoms with E-state index in [-0.39, 0.29) is 24.1 Å². The number of likely N-dealkylation sites (tertiary alicyclic amines) is 1. The summed E-state index contributed by atoms with van der Waals surface area (Å²) in [4.78, 5) is 34.7. The standard InChI is InChI=1S/C23H22N6O4/c24-21-20-19(9-11-26-21)28(16-3-2-12-27(14-16)23(31)32)22(30)29(20)15-5-7-17(8-6-15)33-18-4-1-10-25-13-18/h1,4-11,13,16H,2-3,12,14H2,(H2,24,26)(H,31,32). The Morgan fingerprint density at radius 1 is 1.12 bits per heavy atom. The number of imidazole rings is 1. The molecule has 1 atom stereocenters. The second kappa shape index (κ2) is 8.30. The zero-order valence-electron chi connectivity index (χ0n) is 17.7. The number of nitrogens with two attached hydrogens (primary N) is 1. The number of piperidine rings is 1. The van der Waals surface area contributed by atoms with Crippen LogP contribution in [0.3, 0.4) is 0 Å². The van der Waals surface area contributed by atoms with Gasteiger partial charge in [-0.15, -0.1) is 0 Å². The summed E-state index contributed by atoms with van der Waals surface area (Å²) in [5.41, 5.74) is 7.63.